The van der Waals surface area contributed by atoms with Crippen molar-refractivity contribution in [1.29, 1.82) is 0 Å². The lowest BCUT2D eigenvalue weighted by Gasteiger charge is -2.40. The second-order valence-electron chi connectivity index (χ2n) is 5.72. The number of pyridine rings is 1. The Bertz CT molecular complexity index is 747. The van der Waals surface area contributed by atoms with Crippen LogP contribution in [0.1, 0.15) is 25.5 Å². The molecule has 1 aliphatic heterocycles. The molecule has 0 unspecified atom stereocenters. The van der Waals surface area contributed by atoms with Gasteiger partial charge in [-0.2, -0.15) is 0 Å². The molecule has 0 spiro atoms. The number of nitrogens with zero attached hydrogens (tertiary/aromatic N) is 1. The van der Waals surface area contributed by atoms with Gasteiger partial charge in [0.25, 0.3) is 5.56 Å². The first kappa shape index (κ1) is 13.1. The minimum Gasteiger partial charge on any atom is -0.484 e. The molecule has 2 N–H and O–H groups in total. The largest absolute Gasteiger partial charge is 0.484 e. The van der Waals surface area contributed by atoms with Gasteiger partial charge < -0.3 is 19.5 Å². The molecule has 3 rings (SSSR count). The molecule has 106 valence electrons. The van der Waals surface area contributed by atoms with E-state index in [2.05, 4.69) is 0 Å². The minimum atomic E-state index is -1.25. The molecule has 0 saturated heterocycles. The van der Waals surface area contributed by atoms with Gasteiger partial charge in [0.2, 0.25) is 0 Å². The van der Waals surface area contributed by atoms with Crippen LogP contribution in [0.4, 0.5) is 0 Å². The van der Waals surface area contributed by atoms with Crippen LogP contribution in [0.2, 0.25) is 0 Å². The monoisotopic (exact) mass is 275 g/mol. The van der Waals surface area contributed by atoms with E-state index in [4.69, 9.17) is 4.74 Å². The topological polar surface area (TPSA) is 71.7 Å². The van der Waals surface area contributed by atoms with Crippen molar-refractivity contribution in [3.8, 4) is 5.75 Å². The summed E-state index contributed by atoms with van der Waals surface area (Å²) in [5, 5.41) is 21.2. The van der Waals surface area contributed by atoms with E-state index in [0.717, 1.165) is 10.9 Å². The Labute approximate surface area is 116 Å². The Balaban J connectivity index is 2.45. The number of rotatable bonds is 0. The van der Waals surface area contributed by atoms with Crippen molar-refractivity contribution in [1.82, 2.24) is 4.57 Å². The van der Waals surface area contributed by atoms with Gasteiger partial charge in [0, 0.05) is 12.4 Å². The van der Waals surface area contributed by atoms with E-state index >= 15 is 0 Å². The predicted molar refractivity (Wildman–Crippen MR) is 74.9 cm³/mol. The van der Waals surface area contributed by atoms with E-state index in [-0.39, 0.29) is 11.1 Å². The Kier molecular flexibility index (Phi) is 2.68. The fourth-order valence-corrected chi connectivity index (χ4v) is 2.72. The molecule has 0 amide bonds. The molecule has 2 atom stereocenters. The van der Waals surface area contributed by atoms with Crippen LogP contribution in [0.3, 0.4) is 0 Å². The molecule has 0 bridgehead atoms. The van der Waals surface area contributed by atoms with E-state index in [0.29, 0.717) is 5.75 Å². The van der Waals surface area contributed by atoms with E-state index in [9.17, 15) is 15.0 Å². The number of fused-ring (bicyclic) bond motifs is 3. The third-order valence-electron chi connectivity index (χ3n) is 3.96. The highest BCUT2D eigenvalue weighted by atomic mass is 16.5. The molecule has 0 saturated carbocycles. The van der Waals surface area contributed by atoms with Crippen LogP contribution in [-0.2, 0) is 7.05 Å². The second kappa shape index (κ2) is 4.07. The van der Waals surface area contributed by atoms with Crippen molar-refractivity contribution >= 4 is 10.9 Å². The number of hydrogen-bond donors (Lipinski definition) is 2. The van der Waals surface area contributed by atoms with E-state index in [1.54, 1.807) is 20.9 Å². The first-order valence-corrected chi connectivity index (χ1v) is 6.51. The van der Waals surface area contributed by atoms with Crippen molar-refractivity contribution in [2.24, 2.45) is 7.05 Å². The summed E-state index contributed by atoms with van der Waals surface area (Å²) in [5.41, 5.74) is -0.448. The summed E-state index contributed by atoms with van der Waals surface area (Å²) in [7, 11) is 1.64. The maximum Gasteiger partial charge on any atom is 0.260 e. The number of aryl methyl sites for hydroxylation is 1. The average molecular weight is 275 g/mol. The van der Waals surface area contributed by atoms with Crippen LogP contribution in [0, 0.1) is 0 Å². The lowest BCUT2D eigenvalue weighted by molar-refractivity contribution is -0.111. The fourth-order valence-electron chi connectivity index (χ4n) is 2.72. The molecule has 5 heteroatoms. The minimum absolute atomic E-state index is 0.123. The maximum absolute atomic E-state index is 12.4. The van der Waals surface area contributed by atoms with Gasteiger partial charge in [-0.3, -0.25) is 4.79 Å². The zero-order chi connectivity index (χ0) is 14.7. The van der Waals surface area contributed by atoms with E-state index < -0.39 is 17.8 Å². The van der Waals surface area contributed by atoms with Gasteiger partial charge in [0.15, 0.2) is 0 Å². The van der Waals surface area contributed by atoms with Gasteiger partial charge in [-0.15, -0.1) is 0 Å². The van der Waals surface area contributed by atoms with Crippen molar-refractivity contribution in [2.75, 3.05) is 0 Å². The highest BCUT2D eigenvalue weighted by molar-refractivity contribution is 5.87. The molecular weight excluding hydrogens is 258 g/mol. The molecule has 0 aliphatic carbocycles. The van der Waals surface area contributed by atoms with Crippen molar-refractivity contribution in [3.63, 3.8) is 0 Å². The quantitative estimate of drug-likeness (QED) is 0.755. The van der Waals surface area contributed by atoms with Crippen LogP contribution in [0.15, 0.2) is 29.1 Å². The molecule has 1 aromatic heterocycles. The van der Waals surface area contributed by atoms with Gasteiger partial charge in [-0.05, 0) is 26.0 Å². The standard InChI is InChI=1S/C15H17NO4/c1-15(2)13(18)11(17)10-12(20-15)8-6-4-5-7-9(8)16(3)14(10)19/h4-7,11,13,17-18H,1-3H3/t11-,13+/m0/s1. The normalized spacial score (nSPS) is 24.2. The number of benzene rings is 1. The first-order valence-electron chi connectivity index (χ1n) is 6.51. The maximum atomic E-state index is 12.4. The summed E-state index contributed by atoms with van der Waals surface area (Å²) in [6.45, 7) is 3.38. The number of para-hydroxylation sites is 1. The second-order valence-corrected chi connectivity index (χ2v) is 5.72. The van der Waals surface area contributed by atoms with Crippen LogP contribution < -0.4 is 10.3 Å². The highest BCUT2D eigenvalue weighted by Crippen LogP contribution is 2.41. The lowest BCUT2D eigenvalue weighted by Crippen LogP contribution is -2.50. The highest BCUT2D eigenvalue weighted by Gasteiger charge is 2.44. The number of aliphatic hydroxyl groups is 2. The van der Waals surface area contributed by atoms with Crippen molar-refractivity contribution in [3.05, 3.63) is 40.2 Å². The Hall–Kier alpha value is -1.85. The SMILES string of the molecule is Cn1c(=O)c2c(c3ccccc31)OC(C)(C)[C@H](O)[C@H]2O. The van der Waals surface area contributed by atoms with Gasteiger partial charge in [0.05, 0.1) is 11.1 Å². The molecule has 5 nitrogen and oxygen atoms in total. The summed E-state index contributed by atoms with van der Waals surface area (Å²) >= 11 is 0. The smallest absolute Gasteiger partial charge is 0.260 e. The number of aliphatic hydroxyl groups excluding tert-OH is 2. The third kappa shape index (κ3) is 1.60. The number of aromatic nitrogens is 1. The molecule has 1 aliphatic rings. The van der Waals surface area contributed by atoms with Gasteiger partial charge >= 0.3 is 0 Å². The zero-order valence-corrected chi connectivity index (χ0v) is 11.6. The predicted octanol–water partition coefficient (Wildman–Crippen LogP) is 1.10. The van der Waals surface area contributed by atoms with Gasteiger partial charge in [-0.25, -0.2) is 0 Å². The van der Waals surface area contributed by atoms with Crippen LogP contribution in [0.25, 0.3) is 10.9 Å². The Morgan fingerprint density at radius 2 is 1.90 bits per heavy atom. The molecule has 1 aromatic carbocycles. The van der Waals surface area contributed by atoms with Crippen LogP contribution in [-0.4, -0.2) is 26.5 Å². The molecule has 0 radical (unpaired) electrons. The van der Waals surface area contributed by atoms with Gasteiger partial charge in [-0.1, -0.05) is 12.1 Å². The lowest BCUT2D eigenvalue weighted by atomic mass is 9.88. The molecule has 0 fully saturated rings. The van der Waals surface area contributed by atoms with Crippen LogP contribution in [0.5, 0.6) is 5.75 Å². The average Bonchev–Trinajstić information content (AvgIpc) is 2.42. The number of ether oxygens (including phenoxy) is 1. The third-order valence-corrected chi connectivity index (χ3v) is 3.96. The van der Waals surface area contributed by atoms with Crippen LogP contribution >= 0.6 is 0 Å². The summed E-state index contributed by atoms with van der Waals surface area (Å²) < 4.78 is 7.29. The fraction of sp³-hybridized carbons (Fsp3) is 0.400. The summed E-state index contributed by atoms with van der Waals surface area (Å²) in [6, 6.07) is 7.35. The van der Waals surface area contributed by atoms with Gasteiger partial charge in [0.1, 0.15) is 23.6 Å². The van der Waals surface area contributed by atoms with Crippen molar-refractivity contribution in [2.45, 2.75) is 31.7 Å². The summed E-state index contributed by atoms with van der Waals surface area (Å²) in [5.74, 6) is 0.367. The van der Waals surface area contributed by atoms with E-state index in [1.165, 1.54) is 4.57 Å². The summed E-state index contributed by atoms with van der Waals surface area (Å²) in [6.07, 6.45) is -2.40. The number of hydrogen-bond acceptors (Lipinski definition) is 4. The molecule has 2 aromatic rings. The Morgan fingerprint density at radius 3 is 2.60 bits per heavy atom. The molecule has 2 heterocycles. The summed E-state index contributed by atoms with van der Waals surface area (Å²) in [4.78, 5) is 12.4. The van der Waals surface area contributed by atoms with Crippen molar-refractivity contribution < 1.29 is 14.9 Å². The zero-order valence-electron chi connectivity index (χ0n) is 11.6. The van der Waals surface area contributed by atoms with E-state index in [1.807, 2.05) is 24.3 Å². The molecule has 20 heavy (non-hydrogen) atoms. The Morgan fingerprint density at radius 1 is 1.25 bits per heavy atom. The first-order chi connectivity index (χ1) is 9.34. The molecular formula is C15H17NO4.